The van der Waals surface area contributed by atoms with E-state index in [4.69, 9.17) is 4.74 Å². The fourth-order valence-corrected chi connectivity index (χ4v) is 1.67. The molecule has 1 unspecified atom stereocenters. The first-order valence-electron chi connectivity index (χ1n) is 6.06. The van der Waals surface area contributed by atoms with Crippen LogP contribution >= 0.6 is 0 Å². The number of ether oxygens (including phenoxy) is 1. The summed E-state index contributed by atoms with van der Waals surface area (Å²) in [4.78, 5) is 0. The van der Waals surface area contributed by atoms with E-state index in [1.807, 2.05) is 10.9 Å². The Bertz CT molecular complexity index is 286. The smallest absolute Gasteiger partial charge is 0.0658 e. The minimum Gasteiger partial charge on any atom is -0.383 e. The summed E-state index contributed by atoms with van der Waals surface area (Å²) in [6.07, 6.45) is 6.28. The highest BCUT2D eigenvalue weighted by Gasteiger charge is 2.12. The zero-order chi connectivity index (χ0) is 11.8. The van der Waals surface area contributed by atoms with E-state index >= 15 is 0 Å². The molecule has 0 aliphatic carbocycles. The Kier molecular flexibility index (Phi) is 6.11. The van der Waals surface area contributed by atoms with Crippen LogP contribution in [0.2, 0.25) is 0 Å². The molecule has 1 aromatic heterocycles. The third-order valence-electron chi connectivity index (χ3n) is 2.48. The highest BCUT2D eigenvalue weighted by molar-refractivity contribution is 5.10. The molecule has 1 N–H and O–H groups in total. The second kappa shape index (κ2) is 7.41. The van der Waals surface area contributed by atoms with Crippen LogP contribution in [0.4, 0.5) is 0 Å². The Hall–Kier alpha value is -0.870. The second-order valence-corrected chi connectivity index (χ2v) is 4.00. The zero-order valence-corrected chi connectivity index (χ0v) is 10.6. The molecule has 0 bridgehead atoms. The van der Waals surface area contributed by atoms with Gasteiger partial charge in [-0.3, -0.25) is 4.68 Å². The van der Waals surface area contributed by atoms with E-state index in [1.165, 1.54) is 5.56 Å². The minimum absolute atomic E-state index is 0.260. The first-order valence-corrected chi connectivity index (χ1v) is 6.06. The van der Waals surface area contributed by atoms with Crippen LogP contribution in [0.15, 0.2) is 12.4 Å². The van der Waals surface area contributed by atoms with E-state index in [-0.39, 0.29) is 6.04 Å². The molecule has 0 fully saturated rings. The van der Waals surface area contributed by atoms with Crippen LogP contribution in [0.3, 0.4) is 0 Å². The van der Waals surface area contributed by atoms with E-state index in [1.54, 1.807) is 7.11 Å². The summed E-state index contributed by atoms with van der Waals surface area (Å²) >= 11 is 0. The van der Waals surface area contributed by atoms with Crippen molar-refractivity contribution in [3.05, 3.63) is 18.0 Å². The number of aryl methyl sites for hydroxylation is 1. The van der Waals surface area contributed by atoms with Crippen molar-refractivity contribution >= 4 is 0 Å². The van der Waals surface area contributed by atoms with Gasteiger partial charge in [0.05, 0.1) is 18.8 Å². The quantitative estimate of drug-likeness (QED) is 0.735. The second-order valence-electron chi connectivity index (χ2n) is 4.00. The average Bonchev–Trinajstić information content (AvgIpc) is 2.73. The van der Waals surface area contributed by atoms with E-state index in [0.717, 1.165) is 25.9 Å². The van der Waals surface area contributed by atoms with Gasteiger partial charge in [-0.2, -0.15) is 5.10 Å². The first-order chi connectivity index (χ1) is 7.81. The Balaban J connectivity index is 2.59. The van der Waals surface area contributed by atoms with Crippen molar-refractivity contribution < 1.29 is 4.74 Å². The fraction of sp³-hybridized carbons (Fsp3) is 0.750. The number of rotatable bonds is 8. The molecule has 0 aromatic carbocycles. The largest absolute Gasteiger partial charge is 0.383 e. The fourth-order valence-electron chi connectivity index (χ4n) is 1.67. The summed E-state index contributed by atoms with van der Waals surface area (Å²) in [7, 11) is 1.73. The summed E-state index contributed by atoms with van der Waals surface area (Å²) in [5.74, 6) is 0. The molecule has 4 heteroatoms. The van der Waals surface area contributed by atoms with Crippen LogP contribution in [0.1, 0.15) is 38.3 Å². The summed E-state index contributed by atoms with van der Waals surface area (Å²) < 4.78 is 7.22. The Morgan fingerprint density at radius 2 is 2.25 bits per heavy atom. The molecular formula is C12H23N3O. The Morgan fingerprint density at radius 1 is 1.44 bits per heavy atom. The average molecular weight is 225 g/mol. The summed E-state index contributed by atoms with van der Waals surface area (Å²) in [5, 5.41) is 7.80. The SMILES string of the molecule is CCCNC(COC)c1cnn(CCC)c1. The lowest BCUT2D eigenvalue weighted by molar-refractivity contribution is 0.167. The predicted octanol–water partition coefficient (Wildman–Crippen LogP) is 1.98. The summed E-state index contributed by atoms with van der Waals surface area (Å²) in [5.41, 5.74) is 1.21. The number of nitrogens with one attached hydrogen (secondary N) is 1. The molecule has 0 spiro atoms. The van der Waals surface area contributed by atoms with Gasteiger partial charge in [-0.1, -0.05) is 13.8 Å². The maximum Gasteiger partial charge on any atom is 0.0658 e. The highest BCUT2D eigenvalue weighted by Crippen LogP contribution is 2.12. The minimum atomic E-state index is 0.260. The standard InChI is InChI=1S/C12H23N3O/c1-4-6-13-12(10-16-3)11-8-14-15(9-11)7-5-2/h8-9,12-13H,4-7,10H2,1-3H3. The van der Waals surface area contributed by atoms with Crippen LogP contribution in [-0.2, 0) is 11.3 Å². The molecule has 1 aromatic rings. The number of aromatic nitrogens is 2. The molecule has 16 heavy (non-hydrogen) atoms. The normalized spacial score (nSPS) is 12.9. The van der Waals surface area contributed by atoms with Crippen molar-refractivity contribution in [2.75, 3.05) is 20.3 Å². The highest BCUT2D eigenvalue weighted by atomic mass is 16.5. The summed E-state index contributed by atoms with van der Waals surface area (Å²) in [6, 6.07) is 0.260. The van der Waals surface area contributed by atoms with Crippen LogP contribution in [0.25, 0.3) is 0 Å². The molecule has 1 atom stereocenters. The van der Waals surface area contributed by atoms with Crippen LogP contribution < -0.4 is 5.32 Å². The summed E-state index contributed by atoms with van der Waals surface area (Å²) in [6.45, 7) is 7.00. The van der Waals surface area contributed by atoms with Crippen LogP contribution in [0.5, 0.6) is 0 Å². The van der Waals surface area contributed by atoms with Crippen LogP contribution in [0, 0.1) is 0 Å². The van der Waals surface area contributed by atoms with Gasteiger partial charge in [0.1, 0.15) is 0 Å². The van der Waals surface area contributed by atoms with Crippen molar-refractivity contribution in [2.24, 2.45) is 0 Å². The number of hydrogen-bond acceptors (Lipinski definition) is 3. The first kappa shape index (κ1) is 13.2. The van der Waals surface area contributed by atoms with E-state index in [0.29, 0.717) is 6.61 Å². The topological polar surface area (TPSA) is 39.1 Å². The van der Waals surface area contributed by atoms with Crippen LogP contribution in [-0.4, -0.2) is 30.0 Å². The lowest BCUT2D eigenvalue weighted by Crippen LogP contribution is -2.25. The molecular weight excluding hydrogens is 202 g/mol. The van der Waals surface area contributed by atoms with Gasteiger partial charge in [0.2, 0.25) is 0 Å². The van der Waals surface area contributed by atoms with Gasteiger partial charge in [-0.05, 0) is 19.4 Å². The van der Waals surface area contributed by atoms with Gasteiger partial charge in [0, 0.05) is 25.4 Å². The molecule has 1 heterocycles. The third kappa shape index (κ3) is 3.94. The maximum atomic E-state index is 5.23. The van der Waals surface area contributed by atoms with E-state index in [2.05, 4.69) is 30.5 Å². The predicted molar refractivity (Wildman–Crippen MR) is 65.4 cm³/mol. The van der Waals surface area contributed by atoms with E-state index < -0.39 is 0 Å². The van der Waals surface area contributed by atoms with Crippen molar-refractivity contribution in [3.8, 4) is 0 Å². The van der Waals surface area contributed by atoms with Crippen molar-refractivity contribution in [1.29, 1.82) is 0 Å². The van der Waals surface area contributed by atoms with Crippen molar-refractivity contribution in [1.82, 2.24) is 15.1 Å². The number of methoxy groups -OCH3 is 1. The van der Waals surface area contributed by atoms with Crippen molar-refractivity contribution in [3.63, 3.8) is 0 Å². The number of nitrogens with zero attached hydrogens (tertiary/aromatic N) is 2. The molecule has 0 amide bonds. The molecule has 0 saturated heterocycles. The molecule has 0 saturated carbocycles. The molecule has 92 valence electrons. The van der Waals surface area contributed by atoms with Gasteiger partial charge in [-0.15, -0.1) is 0 Å². The van der Waals surface area contributed by atoms with Gasteiger partial charge in [-0.25, -0.2) is 0 Å². The molecule has 0 aliphatic heterocycles. The van der Waals surface area contributed by atoms with Gasteiger partial charge < -0.3 is 10.1 Å². The van der Waals surface area contributed by atoms with Gasteiger partial charge in [0.25, 0.3) is 0 Å². The van der Waals surface area contributed by atoms with E-state index in [9.17, 15) is 0 Å². The van der Waals surface area contributed by atoms with Gasteiger partial charge in [0.15, 0.2) is 0 Å². The van der Waals surface area contributed by atoms with Gasteiger partial charge >= 0.3 is 0 Å². The number of hydrogen-bond donors (Lipinski definition) is 1. The molecule has 4 nitrogen and oxygen atoms in total. The Labute approximate surface area is 98.0 Å². The lowest BCUT2D eigenvalue weighted by Gasteiger charge is -2.15. The molecule has 0 aliphatic rings. The van der Waals surface area contributed by atoms with Crippen molar-refractivity contribution in [2.45, 2.75) is 39.3 Å². The Morgan fingerprint density at radius 3 is 2.88 bits per heavy atom. The lowest BCUT2D eigenvalue weighted by atomic mass is 10.1. The zero-order valence-electron chi connectivity index (χ0n) is 10.6. The maximum absolute atomic E-state index is 5.23. The monoisotopic (exact) mass is 225 g/mol. The molecule has 0 radical (unpaired) electrons. The molecule has 1 rings (SSSR count). The third-order valence-corrected chi connectivity index (χ3v) is 2.48.